The standard InChI is InChI=1S/C16H25NO/c1-3-18-16(10-6-7-11-16)15(17)12-14-9-5-4-8-13(14)2/h4-5,8-9,15H,3,6-7,10-12,17H2,1-2H3. The molecule has 18 heavy (non-hydrogen) atoms. The van der Waals surface area contributed by atoms with Gasteiger partial charge in [-0.25, -0.2) is 0 Å². The molecule has 1 aliphatic carbocycles. The second kappa shape index (κ2) is 5.85. The SMILES string of the molecule is CCOC1(C(N)Cc2ccccc2C)CCCC1. The van der Waals surface area contributed by atoms with Crippen LogP contribution in [-0.4, -0.2) is 18.2 Å². The van der Waals surface area contributed by atoms with Gasteiger partial charge < -0.3 is 10.5 Å². The number of benzene rings is 1. The number of aryl methyl sites for hydroxylation is 1. The van der Waals surface area contributed by atoms with E-state index in [1.54, 1.807) is 0 Å². The average molecular weight is 247 g/mol. The van der Waals surface area contributed by atoms with Crippen LogP contribution in [0.4, 0.5) is 0 Å². The van der Waals surface area contributed by atoms with Crippen LogP contribution in [0.1, 0.15) is 43.7 Å². The fourth-order valence-electron chi connectivity index (χ4n) is 3.15. The van der Waals surface area contributed by atoms with Crippen molar-refractivity contribution in [3.05, 3.63) is 35.4 Å². The molecule has 1 aromatic carbocycles. The Hall–Kier alpha value is -0.860. The Morgan fingerprint density at radius 3 is 2.56 bits per heavy atom. The predicted molar refractivity (Wildman–Crippen MR) is 75.7 cm³/mol. The van der Waals surface area contributed by atoms with Gasteiger partial charge in [-0.3, -0.25) is 0 Å². The second-order valence-corrected chi connectivity index (χ2v) is 5.44. The van der Waals surface area contributed by atoms with Crippen LogP contribution in [-0.2, 0) is 11.2 Å². The van der Waals surface area contributed by atoms with Gasteiger partial charge in [0.15, 0.2) is 0 Å². The Bertz CT molecular complexity index is 382. The maximum absolute atomic E-state index is 6.48. The Labute approximate surface area is 111 Å². The van der Waals surface area contributed by atoms with Crippen LogP contribution in [0.25, 0.3) is 0 Å². The number of rotatable bonds is 5. The van der Waals surface area contributed by atoms with E-state index in [-0.39, 0.29) is 11.6 Å². The summed E-state index contributed by atoms with van der Waals surface area (Å²) < 4.78 is 6.04. The first kappa shape index (κ1) is 13.6. The molecule has 2 nitrogen and oxygen atoms in total. The van der Waals surface area contributed by atoms with Gasteiger partial charge in [-0.05, 0) is 44.2 Å². The zero-order valence-corrected chi connectivity index (χ0v) is 11.6. The summed E-state index contributed by atoms with van der Waals surface area (Å²) in [4.78, 5) is 0. The summed E-state index contributed by atoms with van der Waals surface area (Å²) in [5, 5.41) is 0. The van der Waals surface area contributed by atoms with E-state index in [1.165, 1.54) is 24.0 Å². The molecular formula is C16H25NO. The van der Waals surface area contributed by atoms with Gasteiger partial charge in [0, 0.05) is 12.6 Å². The lowest BCUT2D eigenvalue weighted by Gasteiger charge is -2.35. The summed E-state index contributed by atoms with van der Waals surface area (Å²) in [6, 6.07) is 8.63. The van der Waals surface area contributed by atoms with Gasteiger partial charge in [0.1, 0.15) is 0 Å². The molecule has 2 rings (SSSR count). The fraction of sp³-hybridized carbons (Fsp3) is 0.625. The van der Waals surface area contributed by atoms with Crippen molar-refractivity contribution in [2.24, 2.45) is 5.73 Å². The van der Waals surface area contributed by atoms with Gasteiger partial charge in [-0.15, -0.1) is 0 Å². The van der Waals surface area contributed by atoms with E-state index >= 15 is 0 Å². The number of hydrogen-bond donors (Lipinski definition) is 1. The Morgan fingerprint density at radius 1 is 1.28 bits per heavy atom. The zero-order chi connectivity index (χ0) is 13.0. The summed E-state index contributed by atoms with van der Waals surface area (Å²) >= 11 is 0. The van der Waals surface area contributed by atoms with Crippen molar-refractivity contribution in [3.8, 4) is 0 Å². The molecule has 0 aromatic heterocycles. The molecule has 1 fully saturated rings. The summed E-state index contributed by atoms with van der Waals surface area (Å²) in [5.74, 6) is 0. The molecule has 2 heteroatoms. The molecule has 1 atom stereocenters. The third-order valence-corrected chi connectivity index (χ3v) is 4.26. The fourth-order valence-corrected chi connectivity index (χ4v) is 3.15. The monoisotopic (exact) mass is 247 g/mol. The van der Waals surface area contributed by atoms with E-state index in [4.69, 9.17) is 10.5 Å². The summed E-state index contributed by atoms with van der Waals surface area (Å²) in [5.41, 5.74) is 9.09. The van der Waals surface area contributed by atoms with Crippen LogP contribution in [0.2, 0.25) is 0 Å². The lowest BCUT2D eigenvalue weighted by molar-refractivity contribution is -0.0525. The van der Waals surface area contributed by atoms with E-state index in [1.807, 2.05) is 0 Å². The molecule has 1 aliphatic rings. The van der Waals surface area contributed by atoms with Crippen molar-refractivity contribution in [2.75, 3.05) is 6.61 Å². The topological polar surface area (TPSA) is 35.2 Å². The minimum atomic E-state index is -0.0724. The molecule has 2 N–H and O–H groups in total. The predicted octanol–water partition coefficient (Wildman–Crippen LogP) is 3.21. The third kappa shape index (κ3) is 2.76. The van der Waals surface area contributed by atoms with Gasteiger partial charge >= 0.3 is 0 Å². The first-order valence-electron chi connectivity index (χ1n) is 7.12. The van der Waals surface area contributed by atoms with Crippen LogP contribution < -0.4 is 5.73 Å². The van der Waals surface area contributed by atoms with Crippen molar-refractivity contribution < 1.29 is 4.74 Å². The molecule has 1 saturated carbocycles. The van der Waals surface area contributed by atoms with Crippen LogP contribution in [0.3, 0.4) is 0 Å². The first-order valence-corrected chi connectivity index (χ1v) is 7.12. The van der Waals surface area contributed by atoms with Gasteiger partial charge in [-0.1, -0.05) is 37.1 Å². The van der Waals surface area contributed by atoms with E-state index in [0.717, 1.165) is 25.9 Å². The van der Waals surface area contributed by atoms with Crippen LogP contribution in [0.15, 0.2) is 24.3 Å². The molecule has 0 saturated heterocycles. The maximum atomic E-state index is 6.48. The zero-order valence-electron chi connectivity index (χ0n) is 11.6. The third-order valence-electron chi connectivity index (χ3n) is 4.26. The maximum Gasteiger partial charge on any atom is 0.0835 e. The molecule has 0 spiro atoms. The normalized spacial score (nSPS) is 19.9. The van der Waals surface area contributed by atoms with E-state index in [0.29, 0.717) is 0 Å². The molecule has 0 amide bonds. The molecule has 0 radical (unpaired) electrons. The van der Waals surface area contributed by atoms with Gasteiger partial charge in [0.25, 0.3) is 0 Å². The molecular weight excluding hydrogens is 222 g/mol. The lowest BCUT2D eigenvalue weighted by atomic mass is 9.87. The molecule has 1 aromatic rings. The average Bonchev–Trinajstić information content (AvgIpc) is 2.82. The van der Waals surface area contributed by atoms with E-state index < -0.39 is 0 Å². The highest BCUT2D eigenvalue weighted by Crippen LogP contribution is 2.36. The van der Waals surface area contributed by atoms with E-state index in [9.17, 15) is 0 Å². The molecule has 0 aliphatic heterocycles. The minimum absolute atomic E-state index is 0.0724. The van der Waals surface area contributed by atoms with Crippen molar-refractivity contribution in [2.45, 2.75) is 57.6 Å². The quantitative estimate of drug-likeness (QED) is 0.867. The second-order valence-electron chi connectivity index (χ2n) is 5.44. The number of hydrogen-bond acceptors (Lipinski definition) is 2. The first-order chi connectivity index (χ1) is 8.68. The smallest absolute Gasteiger partial charge is 0.0835 e. The van der Waals surface area contributed by atoms with Crippen LogP contribution in [0, 0.1) is 6.92 Å². The Balaban J connectivity index is 2.10. The van der Waals surface area contributed by atoms with Crippen LogP contribution >= 0.6 is 0 Å². The Morgan fingerprint density at radius 2 is 1.94 bits per heavy atom. The minimum Gasteiger partial charge on any atom is -0.374 e. The van der Waals surface area contributed by atoms with Crippen molar-refractivity contribution in [1.82, 2.24) is 0 Å². The molecule has 1 unspecified atom stereocenters. The molecule has 100 valence electrons. The van der Waals surface area contributed by atoms with Crippen LogP contribution in [0.5, 0.6) is 0 Å². The number of nitrogens with two attached hydrogens (primary N) is 1. The summed E-state index contributed by atoms with van der Waals surface area (Å²) in [7, 11) is 0. The largest absolute Gasteiger partial charge is 0.374 e. The highest BCUT2D eigenvalue weighted by atomic mass is 16.5. The number of ether oxygens (including phenoxy) is 1. The highest BCUT2D eigenvalue weighted by Gasteiger charge is 2.40. The molecule has 0 heterocycles. The summed E-state index contributed by atoms with van der Waals surface area (Å²) in [6.45, 7) is 4.99. The van der Waals surface area contributed by atoms with Crippen molar-refractivity contribution >= 4 is 0 Å². The summed E-state index contributed by atoms with van der Waals surface area (Å²) in [6.07, 6.45) is 5.66. The Kier molecular flexibility index (Phi) is 4.41. The van der Waals surface area contributed by atoms with E-state index in [2.05, 4.69) is 38.1 Å². The van der Waals surface area contributed by atoms with Crippen molar-refractivity contribution in [3.63, 3.8) is 0 Å². The molecule has 0 bridgehead atoms. The van der Waals surface area contributed by atoms with Gasteiger partial charge in [0.2, 0.25) is 0 Å². The highest BCUT2D eigenvalue weighted by molar-refractivity contribution is 5.27. The lowest BCUT2D eigenvalue weighted by Crippen LogP contribution is -2.49. The van der Waals surface area contributed by atoms with Crippen molar-refractivity contribution in [1.29, 1.82) is 0 Å². The van der Waals surface area contributed by atoms with Gasteiger partial charge in [-0.2, -0.15) is 0 Å². The van der Waals surface area contributed by atoms with Gasteiger partial charge in [0.05, 0.1) is 5.60 Å².